The van der Waals surface area contributed by atoms with Gasteiger partial charge >= 0.3 is 0 Å². The molecule has 2 aromatic rings. The lowest BCUT2D eigenvalue weighted by Crippen LogP contribution is -2.32. The number of rotatable bonds is 8. The van der Waals surface area contributed by atoms with Crippen molar-refractivity contribution in [3.8, 4) is 0 Å². The Hall–Kier alpha value is -2.51. The molecule has 1 N–H and O–H groups in total. The van der Waals surface area contributed by atoms with Gasteiger partial charge in [-0.3, -0.25) is 19.3 Å². The SMILES string of the molecule is CN(C)Cc1ccc(CNC(=O)CCCN2C(=O)c3ccc(Br)cc3C2=O)cc1. The van der Waals surface area contributed by atoms with Crippen LogP contribution in [0, 0.1) is 0 Å². The first-order chi connectivity index (χ1) is 13.8. The molecule has 7 heteroatoms. The molecular formula is C22H24BrN3O3. The molecule has 0 saturated heterocycles. The molecule has 0 bridgehead atoms. The van der Waals surface area contributed by atoms with E-state index < -0.39 is 0 Å². The van der Waals surface area contributed by atoms with Crippen molar-refractivity contribution in [2.75, 3.05) is 20.6 Å². The Morgan fingerprint density at radius 2 is 1.66 bits per heavy atom. The molecule has 152 valence electrons. The van der Waals surface area contributed by atoms with Crippen LogP contribution in [0.3, 0.4) is 0 Å². The summed E-state index contributed by atoms with van der Waals surface area (Å²) in [6, 6.07) is 13.2. The summed E-state index contributed by atoms with van der Waals surface area (Å²) in [6.45, 7) is 1.57. The number of nitrogens with one attached hydrogen (secondary N) is 1. The predicted octanol–water partition coefficient (Wildman–Crippen LogP) is 3.20. The maximum Gasteiger partial charge on any atom is 0.261 e. The monoisotopic (exact) mass is 457 g/mol. The molecule has 2 aromatic carbocycles. The fraction of sp³-hybridized carbons (Fsp3) is 0.318. The standard InChI is InChI=1S/C22H24BrN3O3/c1-25(2)14-16-7-5-15(6-8-16)13-24-20(27)4-3-11-26-21(28)18-10-9-17(23)12-19(18)22(26)29/h5-10,12H,3-4,11,13-14H2,1-2H3,(H,24,27). The van der Waals surface area contributed by atoms with Gasteiger partial charge in [-0.1, -0.05) is 40.2 Å². The molecule has 29 heavy (non-hydrogen) atoms. The number of imide groups is 1. The summed E-state index contributed by atoms with van der Waals surface area (Å²) in [7, 11) is 4.05. The van der Waals surface area contributed by atoms with Crippen LogP contribution >= 0.6 is 15.9 Å². The fourth-order valence-electron chi connectivity index (χ4n) is 3.28. The van der Waals surface area contributed by atoms with E-state index in [1.165, 1.54) is 10.5 Å². The maximum absolute atomic E-state index is 12.4. The molecule has 1 heterocycles. The second-order valence-corrected chi connectivity index (χ2v) is 8.30. The summed E-state index contributed by atoms with van der Waals surface area (Å²) in [5.74, 6) is -0.693. The van der Waals surface area contributed by atoms with E-state index in [-0.39, 0.29) is 30.7 Å². The van der Waals surface area contributed by atoms with E-state index in [1.54, 1.807) is 18.2 Å². The van der Waals surface area contributed by atoms with E-state index in [2.05, 4.69) is 38.3 Å². The number of hydrogen-bond donors (Lipinski definition) is 1. The van der Waals surface area contributed by atoms with E-state index in [9.17, 15) is 14.4 Å². The number of carbonyl (C=O) groups excluding carboxylic acids is 3. The third-order valence-corrected chi connectivity index (χ3v) is 5.22. The second-order valence-electron chi connectivity index (χ2n) is 7.39. The Morgan fingerprint density at radius 1 is 1.00 bits per heavy atom. The van der Waals surface area contributed by atoms with Crippen molar-refractivity contribution in [3.05, 3.63) is 69.2 Å². The minimum Gasteiger partial charge on any atom is -0.352 e. The van der Waals surface area contributed by atoms with Gasteiger partial charge in [0.2, 0.25) is 5.91 Å². The lowest BCUT2D eigenvalue weighted by molar-refractivity contribution is -0.121. The van der Waals surface area contributed by atoms with Gasteiger partial charge in [-0.2, -0.15) is 0 Å². The molecule has 0 fully saturated rings. The number of benzene rings is 2. The van der Waals surface area contributed by atoms with E-state index in [4.69, 9.17) is 0 Å². The van der Waals surface area contributed by atoms with Crippen LogP contribution in [0.25, 0.3) is 0 Å². The van der Waals surface area contributed by atoms with Crippen molar-refractivity contribution in [1.29, 1.82) is 0 Å². The highest BCUT2D eigenvalue weighted by molar-refractivity contribution is 9.10. The molecule has 0 aliphatic carbocycles. The van der Waals surface area contributed by atoms with Crippen molar-refractivity contribution in [2.24, 2.45) is 0 Å². The summed E-state index contributed by atoms with van der Waals surface area (Å²) in [5.41, 5.74) is 3.08. The quantitative estimate of drug-likeness (QED) is 0.617. The molecule has 3 rings (SSSR count). The van der Waals surface area contributed by atoms with Crippen LogP contribution in [0.4, 0.5) is 0 Å². The molecule has 6 nitrogen and oxygen atoms in total. The number of nitrogens with zero attached hydrogens (tertiary/aromatic N) is 2. The molecule has 1 aliphatic heterocycles. The Balaban J connectivity index is 1.43. The topological polar surface area (TPSA) is 69.7 Å². The summed E-state index contributed by atoms with van der Waals surface area (Å²) in [5, 5.41) is 2.89. The minimum absolute atomic E-state index is 0.0956. The zero-order valence-electron chi connectivity index (χ0n) is 16.6. The van der Waals surface area contributed by atoms with E-state index >= 15 is 0 Å². The molecular weight excluding hydrogens is 434 g/mol. The minimum atomic E-state index is -0.301. The van der Waals surface area contributed by atoms with Gasteiger partial charge in [0.25, 0.3) is 11.8 Å². The zero-order valence-corrected chi connectivity index (χ0v) is 18.2. The smallest absolute Gasteiger partial charge is 0.261 e. The van der Waals surface area contributed by atoms with Gasteiger partial charge < -0.3 is 10.2 Å². The summed E-state index contributed by atoms with van der Waals surface area (Å²) in [6.07, 6.45) is 0.691. The van der Waals surface area contributed by atoms with Gasteiger partial charge in [0.05, 0.1) is 11.1 Å². The summed E-state index contributed by atoms with van der Waals surface area (Å²) in [4.78, 5) is 40.2. The van der Waals surface area contributed by atoms with E-state index in [1.807, 2.05) is 26.2 Å². The Bertz CT molecular complexity index is 925. The van der Waals surface area contributed by atoms with Gasteiger partial charge in [0.1, 0.15) is 0 Å². The van der Waals surface area contributed by atoms with Gasteiger partial charge in [-0.05, 0) is 49.8 Å². The number of hydrogen-bond acceptors (Lipinski definition) is 4. The number of halogens is 1. The van der Waals surface area contributed by atoms with Gasteiger partial charge in [0.15, 0.2) is 0 Å². The average molecular weight is 458 g/mol. The first kappa shape index (κ1) is 21.2. The highest BCUT2D eigenvalue weighted by atomic mass is 79.9. The van der Waals surface area contributed by atoms with Crippen molar-refractivity contribution >= 4 is 33.7 Å². The van der Waals surface area contributed by atoms with Gasteiger partial charge in [0, 0.05) is 30.5 Å². The summed E-state index contributed by atoms with van der Waals surface area (Å²) >= 11 is 3.32. The third kappa shape index (κ3) is 5.31. The highest BCUT2D eigenvalue weighted by Gasteiger charge is 2.35. The van der Waals surface area contributed by atoms with E-state index in [0.29, 0.717) is 24.1 Å². The first-order valence-corrected chi connectivity index (χ1v) is 10.3. The Morgan fingerprint density at radius 3 is 2.34 bits per heavy atom. The summed E-state index contributed by atoms with van der Waals surface area (Å²) < 4.78 is 0.758. The van der Waals surface area contributed by atoms with Crippen molar-refractivity contribution in [3.63, 3.8) is 0 Å². The van der Waals surface area contributed by atoms with Gasteiger partial charge in [-0.25, -0.2) is 0 Å². The maximum atomic E-state index is 12.4. The van der Waals surface area contributed by atoms with Crippen LogP contribution in [0.15, 0.2) is 46.9 Å². The molecule has 0 atom stereocenters. The van der Waals surface area contributed by atoms with Gasteiger partial charge in [-0.15, -0.1) is 0 Å². The number of fused-ring (bicyclic) bond motifs is 1. The molecule has 1 aliphatic rings. The highest BCUT2D eigenvalue weighted by Crippen LogP contribution is 2.26. The van der Waals surface area contributed by atoms with Crippen molar-refractivity contribution < 1.29 is 14.4 Å². The van der Waals surface area contributed by atoms with Crippen molar-refractivity contribution in [1.82, 2.24) is 15.1 Å². The zero-order chi connectivity index (χ0) is 21.0. The molecule has 0 saturated carbocycles. The van der Waals surface area contributed by atoms with Crippen LogP contribution in [-0.4, -0.2) is 48.2 Å². The normalized spacial score (nSPS) is 13.2. The second kappa shape index (κ2) is 9.33. The first-order valence-electron chi connectivity index (χ1n) is 9.50. The number of amides is 3. The number of carbonyl (C=O) groups is 3. The molecule has 0 aromatic heterocycles. The average Bonchev–Trinajstić information content (AvgIpc) is 2.91. The lowest BCUT2D eigenvalue weighted by atomic mass is 10.1. The van der Waals surface area contributed by atoms with Crippen molar-refractivity contribution in [2.45, 2.75) is 25.9 Å². The van der Waals surface area contributed by atoms with Crippen LogP contribution < -0.4 is 5.32 Å². The molecule has 0 radical (unpaired) electrons. The lowest BCUT2D eigenvalue weighted by Gasteiger charge is -2.13. The molecule has 0 spiro atoms. The largest absolute Gasteiger partial charge is 0.352 e. The molecule has 0 unspecified atom stereocenters. The molecule has 3 amide bonds. The van der Waals surface area contributed by atoms with E-state index in [0.717, 1.165) is 16.6 Å². The Kier molecular flexibility index (Phi) is 6.82. The third-order valence-electron chi connectivity index (χ3n) is 4.73. The predicted molar refractivity (Wildman–Crippen MR) is 114 cm³/mol. The van der Waals surface area contributed by atoms with Crippen LogP contribution in [0.1, 0.15) is 44.7 Å². The van der Waals surface area contributed by atoms with Crippen LogP contribution in [-0.2, 0) is 17.9 Å². The fourth-order valence-corrected chi connectivity index (χ4v) is 3.64. The van der Waals surface area contributed by atoms with Crippen LogP contribution in [0.5, 0.6) is 0 Å². The van der Waals surface area contributed by atoms with Crippen LogP contribution in [0.2, 0.25) is 0 Å². The Labute approximate surface area is 179 Å².